The Hall–Kier alpha value is -2.04. The highest BCUT2D eigenvalue weighted by molar-refractivity contribution is 5.94. The van der Waals surface area contributed by atoms with Crippen LogP contribution in [0.25, 0.3) is 0 Å². The summed E-state index contributed by atoms with van der Waals surface area (Å²) in [6.07, 6.45) is 5.55. The van der Waals surface area contributed by atoms with Crippen molar-refractivity contribution in [3.05, 3.63) is 23.8 Å². The van der Waals surface area contributed by atoms with Crippen LogP contribution in [0.1, 0.15) is 44.1 Å². The van der Waals surface area contributed by atoms with E-state index in [-0.39, 0.29) is 29.7 Å². The van der Waals surface area contributed by atoms with E-state index < -0.39 is 0 Å². The van der Waals surface area contributed by atoms with Crippen LogP contribution in [0, 0.1) is 18.8 Å². The number of carbonyl (C=O) groups excluding carboxylic acids is 2. The second-order valence-corrected chi connectivity index (χ2v) is 7.66. The molecule has 1 aromatic rings. The van der Waals surface area contributed by atoms with Crippen molar-refractivity contribution >= 4 is 23.2 Å². The fourth-order valence-corrected chi connectivity index (χ4v) is 3.64. The molecule has 0 heterocycles. The van der Waals surface area contributed by atoms with Gasteiger partial charge < -0.3 is 15.5 Å². The van der Waals surface area contributed by atoms with Gasteiger partial charge in [-0.2, -0.15) is 0 Å². The molecule has 1 aromatic carbocycles. The van der Waals surface area contributed by atoms with E-state index in [1.165, 1.54) is 0 Å². The number of nitrogens with zero attached hydrogens (tertiary/aromatic N) is 1. The molecule has 5 heteroatoms. The summed E-state index contributed by atoms with van der Waals surface area (Å²) in [6, 6.07) is 6.24. The Morgan fingerprint density at radius 3 is 2.16 bits per heavy atom. The van der Waals surface area contributed by atoms with Gasteiger partial charge in [-0.1, -0.05) is 6.07 Å². The number of amides is 2. The summed E-state index contributed by atoms with van der Waals surface area (Å²) in [7, 11) is 4.01. The maximum atomic E-state index is 12.6. The lowest BCUT2D eigenvalue weighted by Crippen LogP contribution is -2.40. The minimum atomic E-state index is 0.0384. The quantitative estimate of drug-likeness (QED) is 0.864. The molecule has 0 saturated heterocycles. The monoisotopic (exact) mass is 343 g/mol. The van der Waals surface area contributed by atoms with Gasteiger partial charge in [0.15, 0.2) is 0 Å². The van der Waals surface area contributed by atoms with Crippen molar-refractivity contribution in [3.63, 3.8) is 0 Å². The first kappa shape index (κ1) is 17.8. The number of carbonyl (C=O) groups is 2. The summed E-state index contributed by atoms with van der Waals surface area (Å²) >= 11 is 0. The molecule has 25 heavy (non-hydrogen) atoms. The third kappa shape index (κ3) is 4.33. The van der Waals surface area contributed by atoms with Crippen LogP contribution in [0.5, 0.6) is 0 Å². The van der Waals surface area contributed by atoms with E-state index in [2.05, 4.69) is 21.6 Å². The second-order valence-electron chi connectivity index (χ2n) is 7.66. The maximum absolute atomic E-state index is 12.6. The van der Waals surface area contributed by atoms with Crippen molar-refractivity contribution in [1.29, 1.82) is 0 Å². The molecule has 3 rings (SSSR count). The number of nitrogens with one attached hydrogen (secondary N) is 2. The van der Waals surface area contributed by atoms with Crippen molar-refractivity contribution < 1.29 is 9.59 Å². The van der Waals surface area contributed by atoms with E-state index in [4.69, 9.17) is 0 Å². The lowest BCUT2D eigenvalue weighted by molar-refractivity contribution is -0.123. The van der Waals surface area contributed by atoms with Gasteiger partial charge in [-0.15, -0.1) is 0 Å². The molecule has 0 atom stereocenters. The molecule has 0 unspecified atom stereocenters. The fourth-order valence-electron chi connectivity index (χ4n) is 3.64. The fraction of sp³-hybridized carbons (Fsp3) is 0.600. The van der Waals surface area contributed by atoms with Crippen LogP contribution in [-0.2, 0) is 9.59 Å². The van der Waals surface area contributed by atoms with Crippen molar-refractivity contribution in [2.45, 2.75) is 51.5 Å². The van der Waals surface area contributed by atoms with E-state index in [1.807, 2.05) is 33.2 Å². The number of benzene rings is 1. The standard InChI is InChI=1S/C20H29N3O2/c1-13-17(5-4-6-18(13)23(2)3)22-20(25)15-9-11-16(12-10-15)21-19(24)14-7-8-14/h4-6,14-16H,7-12H2,1-3H3,(H,21,24)(H,22,25). The molecule has 0 bridgehead atoms. The number of hydrogen-bond donors (Lipinski definition) is 2. The van der Waals surface area contributed by atoms with Gasteiger partial charge in [0.05, 0.1) is 0 Å². The van der Waals surface area contributed by atoms with Crippen LogP contribution >= 0.6 is 0 Å². The summed E-state index contributed by atoms with van der Waals surface area (Å²) in [5.74, 6) is 0.611. The first-order valence-electron chi connectivity index (χ1n) is 9.34. The molecule has 2 N–H and O–H groups in total. The van der Waals surface area contributed by atoms with Crippen LogP contribution < -0.4 is 15.5 Å². The molecule has 5 nitrogen and oxygen atoms in total. The Kier molecular flexibility index (Phi) is 5.30. The highest BCUT2D eigenvalue weighted by atomic mass is 16.2. The molecule has 2 saturated carbocycles. The van der Waals surface area contributed by atoms with Crippen molar-refractivity contribution in [1.82, 2.24) is 5.32 Å². The molecular formula is C20H29N3O2. The number of rotatable bonds is 5. The number of hydrogen-bond acceptors (Lipinski definition) is 3. The predicted molar refractivity (Wildman–Crippen MR) is 101 cm³/mol. The van der Waals surface area contributed by atoms with E-state index in [0.717, 1.165) is 55.5 Å². The van der Waals surface area contributed by atoms with Gasteiger partial charge >= 0.3 is 0 Å². The highest BCUT2D eigenvalue weighted by Gasteiger charge is 2.33. The summed E-state index contributed by atoms with van der Waals surface area (Å²) in [4.78, 5) is 26.6. The van der Waals surface area contributed by atoms with Crippen LogP contribution in [-0.4, -0.2) is 32.0 Å². The first-order chi connectivity index (χ1) is 12.0. The average molecular weight is 343 g/mol. The zero-order valence-corrected chi connectivity index (χ0v) is 15.5. The molecular weight excluding hydrogens is 314 g/mol. The summed E-state index contributed by atoms with van der Waals surface area (Å²) in [6.45, 7) is 2.04. The normalized spacial score (nSPS) is 23.0. The Morgan fingerprint density at radius 1 is 0.960 bits per heavy atom. The Morgan fingerprint density at radius 2 is 1.56 bits per heavy atom. The zero-order valence-electron chi connectivity index (χ0n) is 15.5. The SMILES string of the molecule is Cc1c(NC(=O)C2CCC(NC(=O)C3CC3)CC2)cccc1N(C)C. The molecule has 0 aromatic heterocycles. The summed E-state index contributed by atoms with van der Waals surface area (Å²) < 4.78 is 0. The van der Waals surface area contributed by atoms with Gasteiger partial charge in [-0.05, 0) is 63.1 Å². The molecule has 2 amide bonds. The Bertz CT molecular complexity index is 644. The van der Waals surface area contributed by atoms with Gasteiger partial charge in [0.25, 0.3) is 0 Å². The average Bonchev–Trinajstić information content (AvgIpc) is 3.42. The lowest BCUT2D eigenvalue weighted by Gasteiger charge is -2.29. The molecule has 2 fully saturated rings. The molecule has 0 aliphatic heterocycles. The first-order valence-corrected chi connectivity index (χ1v) is 9.34. The molecule has 136 valence electrons. The van der Waals surface area contributed by atoms with Crippen LogP contribution in [0.15, 0.2) is 18.2 Å². The van der Waals surface area contributed by atoms with E-state index >= 15 is 0 Å². The molecule has 0 radical (unpaired) electrons. The largest absolute Gasteiger partial charge is 0.377 e. The molecule has 2 aliphatic carbocycles. The second kappa shape index (κ2) is 7.46. The number of anilines is 2. The van der Waals surface area contributed by atoms with Gasteiger partial charge in [0.1, 0.15) is 0 Å². The Labute approximate surface area is 150 Å². The van der Waals surface area contributed by atoms with Crippen LogP contribution in [0.2, 0.25) is 0 Å². The van der Waals surface area contributed by atoms with Crippen LogP contribution in [0.3, 0.4) is 0 Å². The van der Waals surface area contributed by atoms with E-state index in [0.29, 0.717) is 0 Å². The third-order valence-corrected chi connectivity index (χ3v) is 5.44. The highest BCUT2D eigenvalue weighted by Crippen LogP contribution is 2.31. The van der Waals surface area contributed by atoms with Crippen molar-refractivity contribution in [3.8, 4) is 0 Å². The topological polar surface area (TPSA) is 61.4 Å². The third-order valence-electron chi connectivity index (χ3n) is 5.44. The Balaban J connectivity index is 1.53. The lowest BCUT2D eigenvalue weighted by atomic mass is 9.85. The smallest absolute Gasteiger partial charge is 0.227 e. The van der Waals surface area contributed by atoms with Crippen molar-refractivity contribution in [2.75, 3.05) is 24.3 Å². The molecule has 0 spiro atoms. The minimum absolute atomic E-state index is 0.0384. The maximum Gasteiger partial charge on any atom is 0.227 e. The van der Waals surface area contributed by atoms with Crippen LogP contribution in [0.4, 0.5) is 11.4 Å². The summed E-state index contributed by atoms with van der Waals surface area (Å²) in [5, 5.41) is 6.25. The van der Waals surface area contributed by atoms with E-state index in [1.54, 1.807) is 0 Å². The van der Waals surface area contributed by atoms with Gasteiger partial charge in [0, 0.05) is 43.3 Å². The van der Waals surface area contributed by atoms with Gasteiger partial charge in [-0.25, -0.2) is 0 Å². The zero-order chi connectivity index (χ0) is 18.0. The predicted octanol–water partition coefficient (Wildman–Crippen LogP) is 3.08. The summed E-state index contributed by atoms with van der Waals surface area (Å²) in [5.41, 5.74) is 3.09. The van der Waals surface area contributed by atoms with Gasteiger partial charge in [-0.3, -0.25) is 9.59 Å². The van der Waals surface area contributed by atoms with E-state index in [9.17, 15) is 9.59 Å². The minimum Gasteiger partial charge on any atom is -0.377 e. The molecule has 2 aliphatic rings. The van der Waals surface area contributed by atoms with Crippen molar-refractivity contribution in [2.24, 2.45) is 11.8 Å². The van der Waals surface area contributed by atoms with Gasteiger partial charge in [0.2, 0.25) is 11.8 Å².